The lowest BCUT2D eigenvalue weighted by Crippen LogP contribution is -2.43. The van der Waals surface area contributed by atoms with Gasteiger partial charge in [-0.05, 0) is 42.7 Å². The molecule has 0 saturated carbocycles. The lowest BCUT2D eigenvalue weighted by Gasteiger charge is -2.31. The molecular formula is C22H24N4O4S3. The van der Waals surface area contributed by atoms with Gasteiger partial charge in [-0.2, -0.15) is 4.31 Å². The van der Waals surface area contributed by atoms with E-state index in [0.29, 0.717) is 30.3 Å². The number of aromatic nitrogens is 2. The summed E-state index contributed by atoms with van der Waals surface area (Å²) in [6.45, 7) is 0.520. The fraction of sp³-hybridized carbons (Fsp3) is 0.318. The van der Waals surface area contributed by atoms with E-state index in [-0.39, 0.29) is 17.3 Å². The van der Waals surface area contributed by atoms with Gasteiger partial charge in [0.15, 0.2) is 4.34 Å². The first kappa shape index (κ1) is 23.7. The number of methoxy groups -OCH3 is 1. The van der Waals surface area contributed by atoms with Crippen molar-refractivity contribution in [3.8, 4) is 5.75 Å². The number of piperidine rings is 1. The Hall–Kier alpha value is -2.47. The van der Waals surface area contributed by atoms with Crippen molar-refractivity contribution >= 4 is 44.2 Å². The maximum atomic E-state index is 13.0. The summed E-state index contributed by atoms with van der Waals surface area (Å²) >= 11 is 2.87. The molecule has 1 aliphatic heterocycles. The second-order valence-corrected chi connectivity index (χ2v) is 11.7. The fourth-order valence-electron chi connectivity index (χ4n) is 3.52. The fourth-order valence-corrected chi connectivity index (χ4v) is 6.75. The third-order valence-electron chi connectivity index (χ3n) is 5.29. The summed E-state index contributed by atoms with van der Waals surface area (Å²) in [4.78, 5) is 13.0. The van der Waals surface area contributed by atoms with Gasteiger partial charge in [-0.25, -0.2) is 8.42 Å². The van der Waals surface area contributed by atoms with Gasteiger partial charge >= 0.3 is 0 Å². The van der Waals surface area contributed by atoms with Gasteiger partial charge < -0.3 is 10.1 Å². The zero-order valence-electron chi connectivity index (χ0n) is 18.0. The number of thioether (sulfide) groups is 1. The van der Waals surface area contributed by atoms with Crippen LogP contribution >= 0.6 is 23.1 Å². The molecule has 1 amide bonds. The summed E-state index contributed by atoms with van der Waals surface area (Å²) in [6.07, 6.45) is 1.23. The highest BCUT2D eigenvalue weighted by atomic mass is 32.2. The average molecular weight is 505 g/mol. The van der Waals surface area contributed by atoms with Gasteiger partial charge in [0.2, 0.25) is 21.1 Å². The second kappa shape index (κ2) is 10.6. The number of sulfonamides is 1. The van der Waals surface area contributed by atoms with Crippen molar-refractivity contribution in [1.82, 2.24) is 14.5 Å². The first-order chi connectivity index (χ1) is 16.0. The third kappa shape index (κ3) is 5.91. The van der Waals surface area contributed by atoms with E-state index < -0.39 is 15.9 Å². The lowest BCUT2D eigenvalue weighted by atomic mass is 9.99. The average Bonchev–Trinajstić information content (AvgIpc) is 3.30. The molecule has 0 aliphatic carbocycles. The Labute approximate surface area is 201 Å². The van der Waals surface area contributed by atoms with E-state index >= 15 is 0 Å². The molecule has 1 aromatic heterocycles. The number of hydrogen-bond donors (Lipinski definition) is 1. The van der Waals surface area contributed by atoms with Crippen LogP contribution in [-0.4, -0.2) is 49.0 Å². The van der Waals surface area contributed by atoms with E-state index in [1.165, 1.54) is 40.4 Å². The van der Waals surface area contributed by atoms with Gasteiger partial charge in [0.25, 0.3) is 0 Å². The molecule has 2 aromatic carbocycles. The van der Waals surface area contributed by atoms with Crippen molar-refractivity contribution in [1.29, 1.82) is 0 Å². The number of nitrogens with one attached hydrogen (secondary N) is 1. The van der Waals surface area contributed by atoms with Crippen LogP contribution in [0.1, 0.15) is 18.4 Å². The zero-order chi connectivity index (χ0) is 23.3. The topological polar surface area (TPSA) is 101 Å². The van der Waals surface area contributed by atoms with Crippen molar-refractivity contribution in [3.05, 3.63) is 60.2 Å². The molecule has 1 N–H and O–H groups in total. The molecule has 1 atom stereocenters. The molecule has 8 nitrogen and oxygen atoms in total. The molecule has 11 heteroatoms. The number of nitrogens with zero attached hydrogens (tertiary/aromatic N) is 3. The molecule has 1 saturated heterocycles. The minimum atomic E-state index is -3.69. The molecular weight excluding hydrogens is 480 g/mol. The summed E-state index contributed by atoms with van der Waals surface area (Å²) in [6, 6.07) is 16.3. The largest absolute Gasteiger partial charge is 0.497 e. The van der Waals surface area contributed by atoms with E-state index in [9.17, 15) is 13.2 Å². The summed E-state index contributed by atoms with van der Waals surface area (Å²) in [5, 5.41) is 11.4. The Bertz CT molecular complexity index is 1180. The van der Waals surface area contributed by atoms with E-state index in [1.807, 2.05) is 30.3 Å². The second-order valence-electron chi connectivity index (χ2n) is 7.51. The number of amides is 1. The van der Waals surface area contributed by atoms with E-state index in [4.69, 9.17) is 4.74 Å². The lowest BCUT2D eigenvalue weighted by molar-refractivity contribution is -0.120. The molecule has 0 spiro atoms. The summed E-state index contributed by atoms with van der Waals surface area (Å²) in [5.41, 5.74) is 1.18. The minimum Gasteiger partial charge on any atom is -0.497 e. The SMILES string of the molecule is COc1ccc(S(=O)(=O)N2CCC[C@@H](C(=O)Nc3nnc(SCc4ccccc4)s3)C2)cc1. The van der Waals surface area contributed by atoms with Crippen LogP contribution in [0.4, 0.5) is 5.13 Å². The predicted molar refractivity (Wildman–Crippen MR) is 129 cm³/mol. The Balaban J connectivity index is 1.35. The zero-order valence-corrected chi connectivity index (χ0v) is 20.5. The van der Waals surface area contributed by atoms with Crippen LogP contribution in [0.2, 0.25) is 0 Å². The first-order valence-electron chi connectivity index (χ1n) is 10.4. The van der Waals surface area contributed by atoms with Crippen LogP contribution in [0.3, 0.4) is 0 Å². The summed E-state index contributed by atoms with van der Waals surface area (Å²) in [7, 11) is -2.16. The minimum absolute atomic E-state index is 0.134. The Morgan fingerprint density at radius 2 is 1.94 bits per heavy atom. The standard InChI is InChI=1S/C22H24N4O4S3/c1-30-18-9-11-19(12-10-18)33(28,29)26-13-5-8-17(14-26)20(27)23-21-24-25-22(32-21)31-15-16-6-3-2-4-7-16/h2-4,6-7,9-12,17H,5,8,13-15H2,1H3,(H,23,24,27)/t17-/m1/s1. The molecule has 174 valence electrons. The maximum absolute atomic E-state index is 13.0. The van der Waals surface area contributed by atoms with Crippen molar-refractivity contribution in [2.24, 2.45) is 5.92 Å². The van der Waals surface area contributed by atoms with Gasteiger partial charge in [-0.15, -0.1) is 10.2 Å². The highest BCUT2D eigenvalue weighted by Gasteiger charge is 2.33. The van der Waals surface area contributed by atoms with E-state index in [0.717, 1.165) is 10.1 Å². The molecule has 2 heterocycles. The third-order valence-corrected chi connectivity index (χ3v) is 9.22. The number of carbonyl (C=O) groups excluding carboxylic acids is 1. The van der Waals surface area contributed by atoms with Crippen LogP contribution < -0.4 is 10.1 Å². The predicted octanol–water partition coefficient (Wildman–Crippen LogP) is 3.88. The highest BCUT2D eigenvalue weighted by Crippen LogP contribution is 2.30. The summed E-state index contributed by atoms with van der Waals surface area (Å²) in [5.74, 6) is 0.671. The molecule has 1 aliphatic rings. The summed E-state index contributed by atoms with van der Waals surface area (Å²) < 4.78 is 33.3. The van der Waals surface area contributed by atoms with Crippen molar-refractivity contribution in [3.63, 3.8) is 0 Å². The molecule has 0 radical (unpaired) electrons. The normalized spacial score (nSPS) is 16.9. The smallest absolute Gasteiger partial charge is 0.243 e. The van der Waals surface area contributed by atoms with Gasteiger partial charge in [0.05, 0.1) is 17.9 Å². The number of anilines is 1. The van der Waals surface area contributed by atoms with E-state index in [2.05, 4.69) is 15.5 Å². The molecule has 33 heavy (non-hydrogen) atoms. The van der Waals surface area contributed by atoms with E-state index in [1.54, 1.807) is 23.9 Å². The number of ether oxygens (including phenoxy) is 1. The van der Waals surface area contributed by atoms with Crippen molar-refractivity contribution in [2.45, 2.75) is 27.8 Å². The number of hydrogen-bond acceptors (Lipinski definition) is 8. The van der Waals surface area contributed by atoms with Crippen LogP contribution in [0.25, 0.3) is 0 Å². The quantitative estimate of drug-likeness (QED) is 0.367. The Morgan fingerprint density at radius 3 is 2.67 bits per heavy atom. The van der Waals surface area contributed by atoms with Crippen molar-refractivity contribution in [2.75, 3.05) is 25.5 Å². The Morgan fingerprint density at radius 1 is 1.18 bits per heavy atom. The number of rotatable bonds is 8. The molecule has 0 bridgehead atoms. The van der Waals surface area contributed by atoms with Crippen molar-refractivity contribution < 1.29 is 17.9 Å². The van der Waals surface area contributed by atoms with Gasteiger partial charge in [0, 0.05) is 18.8 Å². The maximum Gasteiger partial charge on any atom is 0.243 e. The highest BCUT2D eigenvalue weighted by molar-refractivity contribution is 8.00. The molecule has 0 unspecified atom stereocenters. The molecule has 1 fully saturated rings. The number of carbonyl (C=O) groups is 1. The van der Waals surface area contributed by atoms with Crippen LogP contribution in [0, 0.1) is 5.92 Å². The monoisotopic (exact) mass is 504 g/mol. The first-order valence-corrected chi connectivity index (χ1v) is 13.7. The Kier molecular flexibility index (Phi) is 7.63. The van der Waals surface area contributed by atoms with Crippen LogP contribution in [-0.2, 0) is 20.6 Å². The molecule has 3 aromatic rings. The van der Waals surface area contributed by atoms with Gasteiger partial charge in [-0.3, -0.25) is 4.79 Å². The van der Waals surface area contributed by atoms with Gasteiger partial charge in [0.1, 0.15) is 5.75 Å². The van der Waals surface area contributed by atoms with Gasteiger partial charge in [-0.1, -0.05) is 53.4 Å². The molecule has 4 rings (SSSR count). The van der Waals surface area contributed by atoms with Crippen LogP contribution in [0.5, 0.6) is 5.75 Å². The van der Waals surface area contributed by atoms with Crippen LogP contribution in [0.15, 0.2) is 63.8 Å². The number of benzene rings is 2.